The Hall–Kier alpha value is -1.44. The van der Waals surface area contributed by atoms with Crippen molar-refractivity contribution in [2.24, 2.45) is 5.14 Å². The van der Waals surface area contributed by atoms with Crippen molar-refractivity contribution in [2.75, 3.05) is 13.2 Å². The molecule has 0 radical (unpaired) electrons. The van der Waals surface area contributed by atoms with Crippen LogP contribution in [-0.2, 0) is 21.2 Å². The van der Waals surface area contributed by atoms with Crippen molar-refractivity contribution in [3.05, 3.63) is 29.8 Å². The lowest BCUT2D eigenvalue weighted by Crippen LogP contribution is -2.26. The van der Waals surface area contributed by atoms with E-state index in [9.17, 15) is 13.2 Å². The second kappa shape index (κ2) is 6.48. The predicted octanol–water partition coefficient (Wildman–Crippen LogP) is -0.625. The van der Waals surface area contributed by atoms with Crippen LogP contribution in [0.5, 0.6) is 0 Å². The maximum absolute atomic E-state index is 11.3. The molecule has 0 aliphatic carbocycles. The van der Waals surface area contributed by atoms with Gasteiger partial charge in [-0.05, 0) is 24.1 Å². The average Bonchev–Trinajstić information content (AvgIpc) is 2.33. The number of rotatable bonds is 6. The highest BCUT2D eigenvalue weighted by atomic mass is 32.2. The number of benzene rings is 1. The fourth-order valence-corrected chi connectivity index (χ4v) is 1.90. The van der Waals surface area contributed by atoms with Crippen molar-refractivity contribution >= 4 is 15.9 Å². The number of hydrogen-bond donors (Lipinski definition) is 3. The molecule has 6 nitrogen and oxygen atoms in total. The molecule has 0 aromatic heterocycles. The van der Waals surface area contributed by atoms with E-state index in [0.29, 0.717) is 6.42 Å². The Kier molecular flexibility index (Phi) is 5.26. The van der Waals surface area contributed by atoms with Crippen LogP contribution in [0.3, 0.4) is 0 Å². The van der Waals surface area contributed by atoms with E-state index >= 15 is 0 Å². The molecule has 0 unspecified atom stereocenters. The SMILES string of the molecule is NS(=O)(=O)c1ccc(CCC(=O)NCCO)cc1. The molecule has 0 spiro atoms. The molecule has 1 aromatic rings. The highest BCUT2D eigenvalue weighted by Gasteiger charge is 2.07. The molecule has 100 valence electrons. The van der Waals surface area contributed by atoms with Crippen molar-refractivity contribution in [3.8, 4) is 0 Å². The number of aliphatic hydroxyl groups is 1. The topological polar surface area (TPSA) is 109 Å². The van der Waals surface area contributed by atoms with Gasteiger partial charge >= 0.3 is 0 Å². The van der Waals surface area contributed by atoms with Crippen LogP contribution in [0, 0.1) is 0 Å². The highest BCUT2D eigenvalue weighted by Crippen LogP contribution is 2.10. The zero-order chi connectivity index (χ0) is 13.6. The van der Waals surface area contributed by atoms with Crippen LogP contribution in [0.4, 0.5) is 0 Å². The van der Waals surface area contributed by atoms with Gasteiger partial charge in [0.05, 0.1) is 11.5 Å². The normalized spacial score (nSPS) is 11.2. The summed E-state index contributed by atoms with van der Waals surface area (Å²) in [7, 11) is -3.67. The lowest BCUT2D eigenvalue weighted by Gasteiger charge is -2.04. The highest BCUT2D eigenvalue weighted by molar-refractivity contribution is 7.89. The number of aliphatic hydroxyl groups excluding tert-OH is 1. The van der Waals surface area contributed by atoms with Gasteiger partial charge < -0.3 is 10.4 Å². The Labute approximate surface area is 106 Å². The van der Waals surface area contributed by atoms with Crippen molar-refractivity contribution < 1.29 is 18.3 Å². The minimum Gasteiger partial charge on any atom is -0.395 e. The largest absolute Gasteiger partial charge is 0.395 e. The standard InChI is InChI=1S/C11H16N2O4S/c12-18(16,17)10-4-1-9(2-5-10)3-6-11(15)13-7-8-14/h1-2,4-5,14H,3,6-8H2,(H,13,15)(H2,12,16,17). The third kappa shape index (κ3) is 4.82. The molecule has 1 amide bonds. The Bertz CT molecular complexity index is 496. The smallest absolute Gasteiger partial charge is 0.238 e. The second-order valence-corrected chi connectivity index (χ2v) is 5.32. The maximum atomic E-state index is 11.3. The van der Waals surface area contributed by atoms with Crippen molar-refractivity contribution in [3.63, 3.8) is 0 Å². The first kappa shape index (κ1) is 14.6. The van der Waals surface area contributed by atoms with E-state index in [1.165, 1.54) is 12.1 Å². The summed E-state index contributed by atoms with van der Waals surface area (Å²) in [5.41, 5.74) is 0.849. The van der Waals surface area contributed by atoms with Crippen LogP contribution in [-0.4, -0.2) is 32.6 Å². The number of sulfonamides is 1. The van der Waals surface area contributed by atoms with Crippen LogP contribution in [0.25, 0.3) is 0 Å². The first-order valence-corrected chi connectivity index (χ1v) is 6.97. The minimum atomic E-state index is -3.67. The van der Waals surface area contributed by atoms with E-state index in [0.717, 1.165) is 5.56 Å². The lowest BCUT2D eigenvalue weighted by atomic mass is 10.1. The zero-order valence-electron chi connectivity index (χ0n) is 9.80. The van der Waals surface area contributed by atoms with E-state index in [1.54, 1.807) is 12.1 Å². The van der Waals surface area contributed by atoms with Gasteiger partial charge in [-0.3, -0.25) is 4.79 Å². The van der Waals surface area contributed by atoms with Gasteiger partial charge in [0, 0.05) is 13.0 Å². The summed E-state index contributed by atoms with van der Waals surface area (Å²) in [6.45, 7) is 0.151. The quantitative estimate of drug-likeness (QED) is 0.640. The number of carbonyl (C=O) groups excluding carboxylic acids is 1. The van der Waals surface area contributed by atoms with Gasteiger partial charge in [0.25, 0.3) is 0 Å². The Morgan fingerprint density at radius 1 is 1.28 bits per heavy atom. The van der Waals surface area contributed by atoms with Gasteiger partial charge in [-0.15, -0.1) is 0 Å². The summed E-state index contributed by atoms with van der Waals surface area (Å²) in [6, 6.07) is 6.07. The van der Waals surface area contributed by atoms with Crippen LogP contribution in [0.2, 0.25) is 0 Å². The molecule has 7 heteroatoms. The van der Waals surface area contributed by atoms with Gasteiger partial charge in [-0.1, -0.05) is 12.1 Å². The summed E-state index contributed by atoms with van der Waals surface area (Å²) in [5.74, 6) is -0.153. The molecule has 0 heterocycles. The molecule has 0 atom stereocenters. The van der Waals surface area contributed by atoms with E-state index < -0.39 is 10.0 Å². The zero-order valence-corrected chi connectivity index (χ0v) is 10.6. The van der Waals surface area contributed by atoms with Gasteiger partial charge in [0.1, 0.15) is 0 Å². The van der Waals surface area contributed by atoms with Gasteiger partial charge in [-0.2, -0.15) is 0 Å². The molecule has 1 aromatic carbocycles. The Morgan fingerprint density at radius 2 is 1.89 bits per heavy atom. The second-order valence-electron chi connectivity index (χ2n) is 3.76. The van der Waals surface area contributed by atoms with E-state index in [1.807, 2.05) is 0 Å². The monoisotopic (exact) mass is 272 g/mol. The molecule has 4 N–H and O–H groups in total. The first-order valence-electron chi connectivity index (χ1n) is 5.43. The molecule has 0 aliphatic rings. The number of carbonyl (C=O) groups is 1. The van der Waals surface area contributed by atoms with Crippen molar-refractivity contribution in [2.45, 2.75) is 17.7 Å². The summed E-state index contributed by atoms with van der Waals surface area (Å²) < 4.78 is 22.0. The summed E-state index contributed by atoms with van der Waals surface area (Å²) >= 11 is 0. The molecule has 0 bridgehead atoms. The molecular formula is C11H16N2O4S. The molecule has 0 saturated carbocycles. The van der Waals surface area contributed by atoms with Gasteiger partial charge in [0.2, 0.25) is 15.9 Å². The lowest BCUT2D eigenvalue weighted by molar-refractivity contribution is -0.121. The third-order valence-corrected chi connectivity index (χ3v) is 3.26. The summed E-state index contributed by atoms with van der Waals surface area (Å²) in [5, 5.41) is 16.0. The molecule has 0 fully saturated rings. The van der Waals surface area contributed by atoms with Crippen LogP contribution in [0.1, 0.15) is 12.0 Å². The number of hydrogen-bond acceptors (Lipinski definition) is 4. The fraction of sp³-hybridized carbons (Fsp3) is 0.364. The number of nitrogens with one attached hydrogen (secondary N) is 1. The molecule has 1 rings (SSSR count). The molecule has 0 aliphatic heterocycles. The third-order valence-electron chi connectivity index (χ3n) is 2.33. The first-order chi connectivity index (χ1) is 8.43. The van der Waals surface area contributed by atoms with Gasteiger partial charge in [-0.25, -0.2) is 13.6 Å². The Balaban J connectivity index is 2.52. The fourth-order valence-electron chi connectivity index (χ4n) is 1.39. The number of nitrogens with two attached hydrogens (primary N) is 1. The van der Waals surface area contributed by atoms with Crippen molar-refractivity contribution in [1.29, 1.82) is 0 Å². The molecular weight excluding hydrogens is 256 g/mol. The van der Waals surface area contributed by atoms with E-state index in [2.05, 4.69) is 5.32 Å². The van der Waals surface area contributed by atoms with E-state index in [-0.39, 0.29) is 30.4 Å². The van der Waals surface area contributed by atoms with Crippen LogP contribution < -0.4 is 10.5 Å². The van der Waals surface area contributed by atoms with Crippen molar-refractivity contribution in [1.82, 2.24) is 5.32 Å². The minimum absolute atomic E-state index is 0.0518. The summed E-state index contributed by atoms with van der Waals surface area (Å²) in [6.07, 6.45) is 0.789. The maximum Gasteiger partial charge on any atom is 0.238 e. The predicted molar refractivity (Wildman–Crippen MR) is 66.2 cm³/mol. The molecule has 18 heavy (non-hydrogen) atoms. The van der Waals surface area contributed by atoms with Crippen LogP contribution in [0.15, 0.2) is 29.2 Å². The van der Waals surface area contributed by atoms with E-state index in [4.69, 9.17) is 10.2 Å². The number of amides is 1. The average molecular weight is 272 g/mol. The number of primary sulfonamides is 1. The summed E-state index contributed by atoms with van der Waals surface area (Å²) in [4.78, 5) is 11.3. The number of aryl methyl sites for hydroxylation is 1. The molecule has 0 saturated heterocycles. The Morgan fingerprint density at radius 3 is 2.39 bits per heavy atom. The van der Waals surface area contributed by atoms with Crippen LogP contribution >= 0.6 is 0 Å². The van der Waals surface area contributed by atoms with Gasteiger partial charge in [0.15, 0.2) is 0 Å².